The number of benzene rings is 1. The van der Waals surface area contributed by atoms with Crippen LogP contribution in [0.25, 0.3) is 0 Å². The monoisotopic (exact) mass is 372 g/mol. The lowest BCUT2D eigenvalue weighted by atomic mass is 10.0. The SMILES string of the molecule is CC(C)C[C@H](NC(=O)CNC(=O)C(c1ccccc1)n1cccn1)C(=O)O. The van der Waals surface area contributed by atoms with Crippen LogP contribution in [0, 0.1) is 5.92 Å². The highest BCUT2D eigenvalue weighted by molar-refractivity contribution is 5.90. The van der Waals surface area contributed by atoms with Crippen molar-refractivity contribution < 1.29 is 19.5 Å². The van der Waals surface area contributed by atoms with Crippen LogP contribution in [0.5, 0.6) is 0 Å². The van der Waals surface area contributed by atoms with Crippen molar-refractivity contribution >= 4 is 17.8 Å². The van der Waals surface area contributed by atoms with Crippen LogP contribution in [-0.2, 0) is 14.4 Å². The van der Waals surface area contributed by atoms with Gasteiger partial charge in [-0.2, -0.15) is 5.10 Å². The van der Waals surface area contributed by atoms with E-state index in [9.17, 15) is 19.5 Å². The minimum atomic E-state index is -1.10. The minimum absolute atomic E-state index is 0.114. The summed E-state index contributed by atoms with van der Waals surface area (Å²) in [5.41, 5.74) is 0.724. The number of rotatable bonds is 9. The van der Waals surface area contributed by atoms with E-state index in [1.165, 1.54) is 4.68 Å². The summed E-state index contributed by atoms with van der Waals surface area (Å²) in [4.78, 5) is 36.0. The molecule has 0 fully saturated rings. The molecular weight excluding hydrogens is 348 g/mol. The van der Waals surface area contributed by atoms with E-state index in [4.69, 9.17) is 0 Å². The minimum Gasteiger partial charge on any atom is -0.480 e. The fourth-order valence-electron chi connectivity index (χ4n) is 2.70. The molecule has 8 heteroatoms. The van der Waals surface area contributed by atoms with Gasteiger partial charge in [0.1, 0.15) is 6.04 Å². The smallest absolute Gasteiger partial charge is 0.326 e. The molecule has 2 rings (SSSR count). The molecule has 2 atom stereocenters. The summed E-state index contributed by atoms with van der Waals surface area (Å²) in [6.45, 7) is 3.43. The van der Waals surface area contributed by atoms with Crippen molar-refractivity contribution in [3.8, 4) is 0 Å². The Balaban J connectivity index is 2.01. The first-order valence-electron chi connectivity index (χ1n) is 8.72. The lowest BCUT2D eigenvalue weighted by Gasteiger charge is -2.19. The van der Waals surface area contributed by atoms with Gasteiger partial charge in [-0.15, -0.1) is 0 Å². The highest BCUT2D eigenvalue weighted by Gasteiger charge is 2.25. The second-order valence-corrected chi connectivity index (χ2v) is 6.60. The first kappa shape index (κ1) is 20.2. The van der Waals surface area contributed by atoms with Crippen molar-refractivity contribution in [3.05, 3.63) is 54.4 Å². The fourth-order valence-corrected chi connectivity index (χ4v) is 2.70. The van der Waals surface area contributed by atoms with E-state index < -0.39 is 29.9 Å². The van der Waals surface area contributed by atoms with Crippen molar-refractivity contribution in [2.45, 2.75) is 32.4 Å². The number of hydrogen-bond acceptors (Lipinski definition) is 4. The largest absolute Gasteiger partial charge is 0.480 e. The Kier molecular flexibility index (Phi) is 7.10. The molecule has 0 saturated carbocycles. The molecule has 1 aromatic heterocycles. The molecule has 0 saturated heterocycles. The van der Waals surface area contributed by atoms with E-state index >= 15 is 0 Å². The molecule has 0 bridgehead atoms. The Morgan fingerprint density at radius 3 is 2.41 bits per heavy atom. The quantitative estimate of drug-likeness (QED) is 0.612. The molecule has 27 heavy (non-hydrogen) atoms. The summed E-state index contributed by atoms with van der Waals surface area (Å²) in [7, 11) is 0. The van der Waals surface area contributed by atoms with Crippen LogP contribution in [0.3, 0.4) is 0 Å². The molecule has 2 amide bonds. The highest BCUT2D eigenvalue weighted by atomic mass is 16.4. The molecule has 1 aromatic carbocycles. The predicted octanol–water partition coefficient (Wildman–Crippen LogP) is 1.20. The Morgan fingerprint density at radius 2 is 1.85 bits per heavy atom. The number of carbonyl (C=O) groups excluding carboxylic acids is 2. The summed E-state index contributed by atoms with van der Waals surface area (Å²) in [6, 6.07) is 9.08. The normalized spacial score (nSPS) is 13.0. The predicted molar refractivity (Wildman–Crippen MR) is 98.8 cm³/mol. The Hall–Kier alpha value is -3.16. The molecule has 0 aliphatic rings. The molecule has 144 valence electrons. The lowest BCUT2D eigenvalue weighted by molar-refractivity contribution is -0.142. The average molecular weight is 372 g/mol. The standard InChI is InChI=1S/C19H24N4O4/c1-13(2)11-15(19(26)27)22-16(24)12-20-18(25)17(23-10-6-9-21-23)14-7-4-3-5-8-14/h3-10,13,15,17H,11-12H2,1-2H3,(H,20,25)(H,22,24)(H,26,27)/t15-,17?/m0/s1. The van der Waals surface area contributed by atoms with E-state index in [0.717, 1.165) is 5.56 Å². The summed E-state index contributed by atoms with van der Waals surface area (Å²) >= 11 is 0. The lowest BCUT2D eigenvalue weighted by Crippen LogP contribution is -2.47. The van der Waals surface area contributed by atoms with E-state index in [1.807, 2.05) is 32.0 Å². The van der Waals surface area contributed by atoms with Gasteiger partial charge >= 0.3 is 5.97 Å². The van der Waals surface area contributed by atoms with Gasteiger partial charge in [0, 0.05) is 12.4 Å². The number of nitrogens with zero attached hydrogens (tertiary/aromatic N) is 2. The number of hydrogen-bond donors (Lipinski definition) is 3. The van der Waals surface area contributed by atoms with Gasteiger partial charge in [0.2, 0.25) is 11.8 Å². The molecule has 0 aliphatic carbocycles. The Labute approximate surface area is 157 Å². The summed E-state index contributed by atoms with van der Waals surface area (Å²) in [6.07, 6.45) is 3.55. The third kappa shape index (κ3) is 5.95. The van der Waals surface area contributed by atoms with Crippen molar-refractivity contribution in [2.75, 3.05) is 6.54 Å². The number of aromatic nitrogens is 2. The number of amides is 2. The van der Waals surface area contributed by atoms with Crippen molar-refractivity contribution in [1.82, 2.24) is 20.4 Å². The zero-order chi connectivity index (χ0) is 19.8. The second-order valence-electron chi connectivity index (χ2n) is 6.60. The maximum absolute atomic E-state index is 12.7. The van der Waals surface area contributed by atoms with Gasteiger partial charge in [-0.3, -0.25) is 14.3 Å². The first-order chi connectivity index (χ1) is 12.9. The van der Waals surface area contributed by atoms with Crippen LogP contribution in [-0.4, -0.2) is 45.3 Å². The van der Waals surface area contributed by atoms with Gasteiger partial charge in [-0.25, -0.2) is 4.79 Å². The topological polar surface area (TPSA) is 113 Å². The van der Waals surface area contributed by atoms with Crippen molar-refractivity contribution in [2.24, 2.45) is 5.92 Å². The number of carboxylic acid groups (broad SMARTS) is 1. The summed E-state index contributed by atoms with van der Waals surface area (Å²) < 4.78 is 1.50. The molecule has 0 radical (unpaired) electrons. The van der Waals surface area contributed by atoms with Gasteiger partial charge in [0.05, 0.1) is 6.54 Å². The van der Waals surface area contributed by atoms with Gasteiger partial charge in [0.15, 0.2) is 6.04 Å². The fraction of sp³-hybridized carbons (Fsp3) is 0.368. The van der Waals surface area contributed by atoms with Crippen LogP contribution in [0.4, 0.5) is 0 Å². The first-order valence-corrected chi connectivity index (χ1v) is 8.72. The molecule has 0 spiro atoms. The van der Waals surface area contributed by atoms with Gasteiger partial charge in [-0.1, -0.05) is 44.2 Å². The van der Waals surface area contributed by atoms with Gasteiger partial charge in [0.25, 0.3) is 0 Å². The maximum atomic E-state index is 12.7. The van der Waals surface area contributed by atoms with Crippen LogP contribution in [0.1, 0.15) is 31.9 Å². The average Bonchev–Trinajstić information content (AvgIpc) is 3.14. The van der Waals surface area contributed by atoms with Gasteiger partial charge in [-0.05, 0) is 24.0 Å². The molecule has 0 aliphatic heterocycles. The Morgan fingerprint density at radius 1 is 1.15 bits per heavy atom. The molecule has 2 aromatic rings. The van der Waals surface area contributed by atoms with Crippen LogP contribution >= 0.6 is 0 Å². The highest BCUT2D eigenvalue weighted by Crippen LogP contribution is 2.17. The Bertz CT molecular complexity index is 759. The van der Waals surface area contributed by atoms with E-state index in [-0.39, 0.29) is 12.5 Å². The molecule has 1 heterocycles. The van der Waals surface area contributed by atoms with E-state index in [1.54, 1.807) is 30.6 Å². The molecular formula is C19H24N4O4. The van der Waals surface area contributed by atoms with Crippen LogP contribution in [0.2, 0.25) is 0 Å². The summed E-state index contributed by atoms with van der Waals surface area (Å²) in [5, 5.41) is 18.3. The molecule has 1 unspecified atom stereocenters. The third-order valence-electron chi connectivity index (χ3n) is 3.92. The van der Waals surface area contributed by atoms with Crippen molar-refractivity contribution in [3.63, 3.8) is 0 Å². The van der Waals surface area contributed by atoms with Crippen LogP contribution < -0.4 is 10.6 Å². The number of aliphatic carboxylic acids is 1. The molecule has 8 nitrogen and oxygen atoms in total. The number of carbonyl (C=O) groups is 3. The maximum Gasteiger partial charge on any atom is 0.326 e. The zero-order valence-corrected chi connectivity index (χ0v) is 15.3. The third-order valence-corrected chi connectivity index (χ3v) is 3.92. The van der Waals surface area contributed by atoms with E-state index in [0.29, 0.717) is 6.42 Å². The van der Waals surface area contributed by atoms with E-state index in [2.05, 4.69) is 15.7 Å². The van der Waals surface area contributed by atoms with Gasteiger partial charge < -0.3 is 15.7 Å². The summed E-state index contributed by atoms with van der Waals surface area (Å²) in [5.74, 6) is -1.94. The van der Waals surface area contributed by atoms with Crippen molar-refractivity contribution in [1.29, 1.82) is 0 Å². The van der Waals surface area contributed by atoms with Crippen LogP contribution in [0.15, 0.2) is 48.8 Å². The second kappa shape index (κ2) is 9.51. The zero-order valence-electron chi connectivity index (χ0n) is 15.3. The number of carboxylic acids is 1. The molecule has 3 N–H and O–H groups in total. The number of nitrogens with one attached hydrogen (secondary N) is 2.